The topological polar surface area (TPSA) is 87.7 Å². The van der Waals surface area contributed by atoms with Gasteiger partial charge in [-0.05, 0) is 54.4 Å². The Hall–Kier alpha value is -3.35. The molecule has 126 valence electrons. The van der Waals surface area contributed by atoms with Gasteiger partial charge in [0.1, 0.15) is 11.5 Å². The highest BCUT2D eigenvalue weighted by Crippen LogP contribution is 2.19. The maximum Gasteiger partial charge on any atom is 0.346 e. The number of rotatable bonds is 4. The third-order valence-corrected chi connectivity index (χ3v) is 3.65. The molecule has 0 unspecified atom stereocenters. The van der Waals surface area contributed by atoms with E-state index in [2.05, 4.69) is 20.3 Å². The normalized spacial score (nSPS) is 10.5. The van der Waals surface area contributed by atoms with E-state index in [1.165, 1.54) is 18.2 Å². The quantitative estimate of drug-likeness (QED) is 0.763. The average molecular weight is 338 g/mol. The minimum absolute atomic E-state index is 0.0889. The van der Waals surface area contributed by atoms with Crippen molar-refractivity contribution in [3.8, 4) is 11.3 Å². The second-order valence-corrected chi connectivity index (χ2v) is 5.49. The van der Waals surface area contributed by atoms with Gasteiger partial charge in [-0.1, -0.05) is 0 Å². The average Bonchev–Trinajstić information content (AvgIpc) is 2.62. The fourth-order valence-corrected chi connectivity index (χ4v) is 2.31. The first-order chi connectivity index (χ1) is 12.0. The lowest BCUT2D eigenvalue weighted by atomic mass is 10.1. The molecule has 3 aromatic rings. The standard InChI is InChI=1S/C18H15FN4O2/c1-11-8-13(2-3-14(11)19)15-9-16(23-18(25)22-15)17(24)21-10-12-4-6-20-7-5-12/h2-9H,10H2,1H3,(H,21,24)(H,22,23,25). The van der Waals surface area contributed by atoms with Crippen molar-refractivity contribution in [1.82, 2.24) is 20.3 Å². The van der Waals surface area contributed by atoms with Crippen molar-refractivity contribution >= 4 is 5.91 Å². The number of benzene rings is 1. The molecule has 0 bridgehead atoms. The van der Waals surface area contributed by atoms with E-state index < -0.39 is 11.6 Å². The molecule has 0 fully saturated rings. The third-order valence-electron chi connectivity index (χ3n) is 3.65. The van der Waals surface area contributed by atoms with Gasteiger partial charge in [-0.25, -0.2) is 9.18 Å². The molecule has 7 heteroatoms. The number of pyridine rings is 1. The highest BCUT2D eigenvalue weighted by Gasteiger charge is 2.11. The fourth-order valence-electron chi connectivity index (χ4n) is 2.31. The molecule has 25 heavy (non-hydrogen) atoms. The Balaban J connectivity index is 1.84. The van der Waals surface area contributed by atoms with Crippen LogP contribution in [-0.4, -0.2) is 20.9 Å². The minimum Gasteiger partial charge on any atom is -0.347 e. The molecule has 0 radical (unpaired) electrons. The Morgan fingerprint density at radius 1 is 1.20 bits per heavy atom. The first kappa shape index (κ1) is 16.5. The Kier molecular flexibility index (Phi) is 4.65. The molecule has 0 spiro atoms. The molecule has 0 aliphatic carbocycles. The van der Waals surface area contributed by atoms with Crippen LogP contribution in [0.15, 0.2) is 53.6 Å². The summed E-state index contributed by atoms with van der Waals surface area (Å²) in [6.07, 6.45) is 3.26. The first-order valence-electron chi connectivity index (χ1n) is 7.58. The largest absolute Gasteiger partial charge is 0.347 e. The van der Waals surface area contributed by atoms with Crippen LogP contribution in [0.4, 0.5) is 4.39 Å². The first-order valence-corrected chi connectivity index (χ1v) is 7.58. The number of hydrogen-bond acceptors (Lipinski definition) is 4. The molecule has 0 atom stereocenters. The van der Waals surface area contributed by atoms with Crippen LogP contribution in [0.5, 0.6) is 0 Å². The third kappa shape index (κ3) is 3.95. The summed E-state index contributed by atoms with van der Waals surface area (Å²) in [4.78, 5) is 34.2. The van der Waals surface area contributed by atoms with Crippen LogP contribution in [0.3, 0.4) is 0 Å². The summed E-state index contributed by atoms with van der Waals surface area (Å²) in [5.74, 6) is -0.777. The smallest absolute Gasteiger partial charge is 0.346 e. The van der Waals surface area contributed by atoms with E-state index in [-0.39, 0.29) is 11.5 Å². The number of aromatic nitrogens is 3. The van der Waals surface area contributed by atoms with Gasteiger partial charge in [0.15, 0.2) is 0 Å². The SMILES string of the molecule is Cc1cc(-c2cc(C(=O)NCc3ccncc3)[nH]c(=O)n2)ccc1F. The molecule has 0 saturated carbocycles. The summed E-state index contributed by atoms with van der Waals surface area (Å²) in [6, 6.07) is 9.43. The maximum atomic E-state index is 13.4. The van der Waals surface area contributed by atoms with Crippen LogP contribution in [0.25, 0.3) is 11.3 Å². The van der Waals surface area contributed by atoms with Crippen LogP contribution in [0.1, 0.15) is 21.6 Å². The summed E-state index contributed by atoms with van der Waals surface area (Å²) in [7, 11) is 0. The van der Waals surface area contributed by atoms with E-state index in [4.69, 9.17) is 0 Å². The Morgan fingerprint density at radius 2 is 1.96 bits per heavy atom. The number of halogens is 1. The van der Waals surface area contributed by atoms with Crippen LogP contribution >= 0.6 is 0 Å². The fraction of sp³-hybridized carbons (Fsp3) is 0.111. The number of hydrogen-bond donors (Lipinski definition) is 2. The summed E-state index contributed by atoms with van der Waals surface area (Å²) < 4.78 is 13.4. The van der Waals surface area contributed by atoms with Crippen LogP contribution in [0, 0.1) is 12.7 Å². The van der Waals surface area contributed by atoms with E-state index in [0.29, 0.717) is 23.4 Å². The second-order valence-electron chi connectivity index (χ2n) is 5.49. The molecule has 2 heterocycles. The van der Waals surface area contributed by atoms with Gasteiger partial charge in [-0.15, -0.1) is 0 Å². The summed E-state index contributed by atoms with van der Waals surface area (Å²) >= 11 is 0. The van der Waals surface area contributed by atoms with Gasteiger partial charge in [0.25, 0.3) is 5.91 Å². The molecule has 6 nitrogen and oxygen atoms in total. The number of amides is 1. The molecule has 1 amide bonds. The van der Waals surface area contributed by atoms with Gasteiger partial charge in [-0.3, -0.25) is 9.78 Å². The van der Waals surface area contributed by atoms with Crippen molar-refractivity contribution in [3.05, 3.63) is 81.9 Å². The lowest BCUT2D eigenvalue weighted by molar-refractivity contribution is 0.0945. The van der Waals surface area contributed by atoms with E-state index >= 15 is 0 Å². The van der Waals surface area contributed by atoms with Crippen LogP contribution < -0.4 is 11.0 Å². The van der Waals surface area contributed by atoms with Gasteiger partial charge < -0.3 is 10.3 Å². The Morgan fingerprint density at radius 3 is 2.68 bits per heavy atom. The molecule has 0 saturated heterocycles. The number of aryl methyl sites for hydroxylation is 1. The van der Waals surface area contributed by atoms with E-state index in [9.17, 15) is 14.0 Å². The Bertz CT molecular complexity index is 970. The summed E-state index contributed by atoms with van der Waals surface area (Å²) in [5.41, 5.74) is 1.63. The van der Waals surface area contributed by atoms with Gasteiger partial charge in [0, 0.05) is 24.5 Å². The molecule has 2 N–H and O–H groups in total. The van der Waals surface area contributed by atoms with Gasteiger partial charge in [-0.2, -0.15) is 4.98 Å². The van der Waals surface area contributed by atoms with Crippen LogP contribution in [-0.2, 0) is 6.54 Å². The van der Waals surface area contributed by atoms with Crippen molar-refractivity contribution < 1.29 is 9.18 Å². The van der Waals surface area contributed by atoms with Crippen molar-refractivity contribution in [2.75, 3.05) is 0 Å². The number of carbonyl (C=O) groups excluding carboxylic acids is 1. The zero-order valence-corrected chi connectivity index (χ0v) is 13.4. The summed E-state index contributed by atoms with van der Waals surface area (Å²) in [5, 5.41) is 2.72. The van der Waals surface area contributed by atoms with Crippen molar-refractivity contribution in [2.45, 2.75) is 13.5 Å². The zero-order valence-electron chi connectivity index (χ0n) is 13.4. The molecule has 0 aliphatic rings. The lowest BCUT2D eigenvalue weighted by Gasteiger charge is -2.07. The van der Waals surface area contributed by atoms with Crippen molar-refractivity contribution in [2.24, 2.45) is 0 Å². The second kappa shape index (κ2) is 7.04. The molecular formula is C18H15FN4O2. The van der Waals surface area contributed by atoms with E-state index in [0.717, 1.165) is 5.56 Å². The summed E-state index contributed by atoms with van der Waals surface area (Å²) in [6.45, 7) is 1.92. The highest BCUT2D eigenvalue weighted by molar-refractivity contribution is 5.93. The van der Waals surface area contributed by atoms with Crippen LogP contribution in [0.2, 0.25) is 0 Å². The monoisotopic (exact) mass is 338 g/mol. The predicted molar refractivity (Wildman–Crippen MR) is 90.4 cm³/mol. The van der Waals surface area contributed by atoms with Gasteiger partial charge in [0.05, 0.1) is 5.69 Å². The number of nitrogens with zero attached hydrogens (tertiary/aromatic N) is 2. The van der Waals surface area contributed by atoms with E-state index in [1.807, 2.05) is 0 Å². The number of aromatic amines is 1. The van der Waals surface area contributed by atoms with E-state index in [1.54, 1.807) is 37.5 Å². The molecule has 3 rings (SSSR count). The number of carbonyl (C=O) groups is 1. The number of H-pyrrole nitrogens is 1. The zero-order chi connectivity index (χ0) is 17.8. The minimum atomic E-state index is -0.645. The maximum absolute atomic E-state index is 13.4. The highest BCUT2D eigenvalue weighted by atomic mass is 19.1. The molecule has 2 aromatic heterocycles. The Labute approximate surface area is 142 Å². The molecule has 0 aliphatic heterocycles. The van der Waals surface area contributed by atoms with Crippen molar-refractivity contribution in [1.29, 1.82) is 0 Å². The van der Waals surface area contributed by atoms with Gasteiger partial charge in [0.2, 0.25) is 0 Å². The van der Waals surface area contributed by atoms with Gasteiger partial charge >= 0.3 is 5.69 Å². The predicted octanol–water partition coefficient (Wildman–Crippen LogP) is 2.21. The molecular weight excluding hydrogens is 323 g/mol. The lowest BCUT2D eigenvalue weighted by Crippen LogP contribution is -2.27. The van der Waals surface area contributed by atoms with Crippen molar-refractivity contribution in [3.63, 3.8) is 0 Å². The molecule has 1 aromatic carbocycles. The number of nitrogens with one attached hydrogen (secondary N) is 2.